The largest absolute Gasteiger partial charge is 0.478 e. The number of halogens is 1. The highest BCUT2D eigenvalue weighted by Crippen LogP contribution is 2.69. The zero-order chi connectivity index (χ0) is 23.6. The fourth-order valence-corrected chi connectivity index (χ4v) is 7.80. The molecule has 32 heavy (non-hydrogen) atoms. The van der Waals surface area contributed by atoms with Gasteiger partial charge in [-0.05, 0) is 55.2 Å². The van der Waals surface area contributed by atoms with Crippen molar-refractivity contribution < 1.29 is 33.7 Å². The number of rotatable bonds is 4. The van der Waals surface area contributed by atoms with E-state index in [2.05, 4.69) is 0 Å². The molecule has 0 spiro atoms. The minimum Gasteiger partial charge on any atom is -0.478 e. The third kappa shape index (κ3) is 2.89. The number of aliphatic hydroxyl groups excluding tert-OH is 1. The topological polar surface area (TPSA) is 101 Å². The lowest BCUT2D eigenvalue weighted by molar-refractivity contribution is -0.216. The molecule has 6 nitrogen and oxygen atoms in total. The Morgan fingerprint density at radius 2 is 1.97 bits per heavy atom. The van der Waals surface area contributed by atoms with Gasteiger partial charge in [0.2, 0.25) is 5.60 Å². The number of ketones is 1. The molecule has 4 rings (SSSR count). The number of hydrogen-bond donors (Lipinski definition) is 2. The van der Waals surface area contributed by atoms with Gasteiger partial charge >= 0.3 is 11.9 Å². The van der Waals surface area contributed by atoms with Crippen molar-refractivity contribution in [1.29, 1.82) is 0 Å². The first-order valence-corrected chi connectivity index (χ1v) is 11.6. The van der Waals surface area contributed by atoms with E-state index in [1.807, 2.05) is 13.8 Å². The minimum atomic E-state index is -1.77. The van der Waals surface area contributed by atoms with Gasteiger partial charge in [0.25, 0.3) is 0 Å². The van der Waals surface area contributed by atoms with Gasteiger partial charge in [0.15, 0.2) is 5.78 Å². The predicted molar refractivity (Wildman–Crippen MR) is 114 cm³/mol. The molecular weight excluding hydrogens is 415 g/mol. The van der Waals surface area contributed by atoms with Crippen molar-refractivity contribution >= 4 is 17.7 Å². The number of hydrogen-bond acceptors (Lipinski definition) is 5. The quantitative estimate of drug-likeness (QED) is 0.637. The van der Waals surface area contributed by atoms with E-state index in [4.69, 9.17) is 4.74 Å². The van der Waals surface area contributed by atoms with Crippen molar-refractivity contribution in [2.45, 2.75) is 77.7 Å². The molecule has 0 bridgehead atoms. The number of carboxylic acids is 1. The van der Waals surface area contributed by atoms with Gasteiger partial charge < -0.3 is 14.9 Å². The molecule has 0 heterocycles. The van der Waals surface area contributed by atoms with Crippen LogP contribution in [-0.2, 0) is 19.1 Å². The molecule has 0 aromatic carbocycles. The fraction of sp³-hybridized carbons (Fsp3) is 0.720. The van der Waals surface area contributed by atoms with E-state index < -0.39 is 46.6 Å². The SMILES string of the molecule is CCCC(=O)O[C@]1(C(=O)O)[C@@H](C)C[C@H]2[C@@H]3C[C@H](F)C4=CC(=O)C=C[C@]4(C)[C@H]3[C@@H](O)C[C@@]21C. The summed E-state index contributed by atoms with van der Waals surface area (Å²) in [5, 5.41) is 21.8. The normalized spacial score (nSPS) is 47.2. The Morgan fingerprint density at radius 1 is 1.28 bits per heavy atom. The molecule has 4 aliphatic carbocycles. The number of ether oxygens (including phenoxy) is 1. The second-order valence-corrected chi connectivity index (χ2v) is 10.7. The van der Waals surface area contributed by atoms with Crippen molar-refractivity contribution in [3.63, 3.8) is 0 Å². The van der Waals surface area contributed by atoms with Gasteiger partial charge in [0, 0.05) is 29.1 Å². The van der Waals surface area contributed by atoms with Crippen LogP contribution in [0.15, 0.2) is 23.8 Å². The standard InChI is InChI=1S/C25H33FO6/c1-5-6-20(29)32-25(22(30)31)13(2)9-16-15-11-18(26)17-10-14(27)7-8-23(17,3)21(15)19(28)12-24(16,25)4/h7-8,10,13,15-16,18-19,21,28H,5-6,9,11-12H2,1-4H3,(H,30,31)/t13-,15-,16-,18-,19-,21+,23-,24-,25-/m0/s1. The van der Waals surface area contributed by atoms with Crippen LogP contribution in [0.3, 0.4) is 0 Å². The van der Waals surface area contributed by atoms with E-state index in [0.717, 1.165) is 0 Å². The first-order valence-electron chi connectivity index (χ1n) is 11.6. The molecule has 3 saturated carbocycles. The fourth-order valence-electron chi connectivity index (χ4n) is 7.80. The summed E-state index contributed by atoms with van der Waals surface area (Å²) in [6.45, 7) is 7.25. The van der Waals surface area contributed by atoms with Gasteiger partial charge in [0.1, 0.15) is 6.17 Å². The molecule has 4 aliphatic rings. The summed E-state index contributed by atoms with van der Waals surface area (Å²) in [6, 6.07) is 0. The van der Waals surface area contributed by atoms with Gasteiger partial charge in [0.05, 0.1) is 6.10 Å². The van der Waals surface area contributed by atoms with Crippen LogP contribution in [0, 0.1) is 34.5 Å². The predicted octanol–water partition coefficient (Wildman–Crippen LogP) is 3.63. The summed E-state index contributed by atoms with van der Waals surface area (Å²) in [7, 11) is 0. The summed E-state index contributed by atoms with van der Waals surface area (Å²) < 4.78 is 21.2. The van der Waals surface area contributed by atoms with Crippen molar-refractivity contribution in [3.05, 3.63) is 23.8 Å². The number of carbonyl (C=O) groups is 3. The van der Waals surface area contributed by atoms with Gasteiger partial charge in [-0.25, -0.2) is 9.18 Å². The molecule has 0 aliphatic heterocycles. The van der Waals surface area contributed by atoms with Gasteiger partial charge in [-0.3, -0.25) is 9.59 Å². The number of fused-ring (bicyclic) bond motifs is 5. The number of allylic oxidation sites excluding steroid dienone is 4. The van der Waals surface area contributed by atoms with Crippen molar-refractivity contribution in [2.24, 2.45) is 34.5 Å². The highest BCUT2D eigenvalue weighted by Gasteiger charge is 2.74. The Hall–Kier alpha value is -2.02. The summed E-state index contributed by atoms with van der Waals surface area (Å²) >= 11 is 0. The van der Waals surface area contributed by atoms with Gasteiger partial charge in [-0.15, -0.1) is 0 Å². The molecule has 9 atom stereocenters. The van der Waals surface area contributed by atoms with Crippen LogP contribution in [0.2, 0.25) is 0 Å². The van der Waals surface area contributed by atoms with E-state index in [-0.39, 0.29) is 42.8 Å². The monoisotopic (exact) mass is 448 g/mol. The smallest absolute Gasteiger partial charge is 0.349 e. The van der Waals surface area contributed by atoms with Crippen molar-refractivity contribution in [2.75, 3.05) is 0 Å². The van der Waals surface area contributed by atoms with E-state index in [1.54, 1.807) is 19.9 Å². The molecule has 0 unspecified atom stereocenters. The molecule has 0 amide bonds. The highest BCUT2D eigenvalue weighted by molar-refractivity contribution is 6.01. The zero-order valence-electron chi connectivity index (χ0n) is 19.1. The zero-order valence-corrected chi connectivity index (χ0v) is 19.1. The van der Waals surface area contributed by atoms with Crippen molar-refractivity contribution in [3.8, 4) is 0 Å². The Kier molecular flexibility index (Phi) is 5.43. The number of carboxylic acid groups (broad SMARTS) is 1. The highest BCUT2D eigenvalue weighted by atomic mass is 19.1. The third-order valence-corrected chi connectivity index (χ3v) is 9.06. The summed E-state index contributed by atoms with van der Waals surface area (Å²) in [6.07, 6.45) is 3.62. The van der Waals surface area contributed by atoms with Crippen LogP contribution in [0.25, 0.3) is 0 Å². The van der Waals surface area contributed by atoms with E-state index >= 15 is 4.39 Å². The minimum absolute atomic E-state index is 0.120. The number of esters is 1. The first-order chi connectivity index (χ1) is 14.9. The Bertz CT molecular complexity index is 910. The second kappa shape index (κ2) is 7.51. The molecule has 2 N–H and O–H groups in total. The molecule has 176 valence electrons. The maximum absolute atomic E-state index is 15.4. The second-order valence-electron chi connectivity index (χ2n) is 10.7. The van der Waals surface area contributed by atoms with E-state index in [0.29, 0.717) is 18.4 Å². The molecular formula is C25H33FO6. The lowest BCUT2D eigenvalue weighted by Crippen LogP contribution is -2.64. The summed E-state index contributed by atoms with van der Waals surface area (Å²) in [4.78, 5) is 37.1. The number of aliphatic hydroxyl groups is 1. The molecule has 0 aromatic rings. The molecule has 7 heteroatoms. The maximum Gasteiger partial charge on any atom is 0.349 e. The Morgan fingerprint density at radius 3 is 2.59 bits per heavy atom. The lowest BCUT2D eigenvalue weighted by Gasteiger charge is -2.60. The number of carbonyl (C=O) groups excluding carboxylic acids is 2. The van der Waals surface area contributed by atoms with Crippen LogP contribution in [0.1, 0.15) is 59.8 Å². The average molecular weight is 449 g/mol. The number of aliphatic carboxylic acids is 1. The Labute approximate surface area is 187 Å². The van der Waals surface area contributed by atoms with Crippen molar-refractivity contribution in [1.82, 2.24) is 0 Å². The lowest BCUT2D eigenvalue weighted by atomic mass is 9.46. The molecule has 0 saturated heterocycles. The van der Waals surface area contributed by atoms with Crippen LogP contribution in [0.5, 0.6) is 0 Å². The molecule has 0 radical (unpaired) electrons. The maximum atomic E-state index is 15.4. The third-order valence-electron chi connectivity index (χ3n) is 9.06. The van der Waals surface area contributed by atoms with E-state index in [1.165, 1.54) is 12.2 Å². The van der Waals surface area contributed by atoms with Crippen LogP contribution < -0.4 is 0 Å². The average Bonchev–Trinajstić information content (AvgIpc) is 2.91. The summed E-state index contributed by atoms with van der Waals surface area (Å²) in [5.74, 6) is -3.37. The van der Waals surface area contributed by atoms with Crippen LogP contribution >= 0.6 is 0 Å². The van der Waals surface area contributed by atoms with Crippen LogP contribution in [0.4, 0.5) is 4.39 Å². The van der Waals surface area contributed by atoms with Crippen LogP contribution in [-0.4, -0.2) is 45.8 Å². The van der Waals surface area contributed by atoms with E-state index in [9.17, 15) is 24.6 Å². The number of alkyl halides is 1. The van der Waals surface area contributed by atoms with Gasteiger partial charge in [-0.1, -0.05) is 33.8 Å². The first kappa shape index (κ1) is 23.1. The Balaban J connectivity index is 1.79. The van der Waals surface area contributed by atoms with Gasteiger partial charge in [-0.2, -0.15) is 0 Å². The molecule has 3 fully saturated rings. The summed E-state index contributed by atoms with van der Waals surface area (Å²) in [5.41, 5.74) is -3.21. The molecule has 0 aromatic heterocycles.